The molecular formula is C19H14F6N4O4S2. The van der Waals surface area contributed by atoms with Crippen LogP contribution in [0.3, 0.4) is 0 Å². The van der Waals surface area contributed by atoms with Crippen molar-refractivity contribution in [2.24, 2.45) is 0 Å². The Balaban J connectivity index is 2.05. The molecule has 2 aromatic heterocycles. The number of hydrogen-bond acceptors (Lipinski definition) is 8. The molecule has 8 nitrogen and oxygen atoms in total. The van der Waals surface area contributed by atoms with Gasteiger partial charge in [0.25, 0.3) is 5.91 Å². The fraction of sp³-hybridized carbons (Fsp3) is 0.263. The van der Waals surface area contributed by atoms with Crippen molar-refractivity contribution in [3.8, 4) is 16.9 Å². The molecule has 0 fully saturated rings. The van der Waals surface area contributed by atoms with Gasteiger partial charge in [0.15, 0.2) is 9.84 Å². The van der Waals surface area contributed by atoms with Crippen LogP contribution in [0, 0.1) is 0 Å². The average molecular weight is 540 g/mol. The first-order valence-corrected chi connectivity index (χ1v) is 11.9. The Kier molecular flexibility index (Phi) is 7.08. The molecule has 0 aliphatic carbocycles. The molecule has 0 radical (unpaired) electrons. The van der Waals surface area contributed by atoms with Crippen LogP contribution in [0.4, 0.5) is 31.5 Å². The molecule has 0 aliphatic rings. The second-order valence-electron chi connectivity index (χ2n) is 6.80. The Morgan fingerprint density at radius 3 is 2.34 bits per heavy atom. The third kappa shape index (κ3) is 6.05. The van der Waals surface area contributed by atoms with Crippen molar-refractivity contribution in [3.63, 3.8) is 0 Å². The Morgan fingerprint density at radius 2 is 1.77 bits per heavy atom. The van der Waals surface area contributed by atoms with Crippen molar-refractivity contribution in [2.75, 3.05) is 17.7 Å². The summed E-state index contributed by atoms with van der Waals surface area (Å²) < 4.78 is 105. The number of hydrogen-bond donors (Lipinski definition) is 0. The van der Waals surface area contributed by atoms with Gasteiger partial charge in [-0.1, -0.05) is 30.4 Å². The molecule has 0 N–H and O–H groups in total. The molecule has 1 amide bonds. The lowest BCUT2D eigenvalue weighted by Gasteiger charge is -2.16. The van der Waals surface area contributed by atoms with E-state index in [1.807, 2.05) is 0 Å². The number of carbonyl (C=O) groups excluding carboxylic acids is 1. The van der Waals surface area contributed by atoms with Gasteiger partial charge in [-0.3, -0.25) is 9.69 Å². The molecule has 0 bridgehead atoms. The van der Waals surface area contributed by atoms with Crippen LogP contribution < -0.4 is 9.64 Å². The van der Waals surface area contributed by atoms with Gasteiger partial charge in [-0.2, -0.15) is 13.2 Å². The van der Waals surface area contributed by atoms with E-state index >= 15 is 0 Å². The number of pyridine rings is 1. The molecule has 0 aliphatic heterocycles. The fourth-order valence-electron chi connectivity index (χ4n) is 2.74. The maximum absolute atomic E-state index is 13.0. The predicted molar refractivity (Wildman–Crippen MR) is 112 cm³/mol. The summed E-state index contributed by atoms with van der Waals surface area (Å²) in [5.41, 5.74) is -0.443. The van der Waals surface area contributed by atoms with Crippen molar-refractivity contribution in [2.45, 2.75) is 24.4 Å². The molecule has 188 valence electrons. The summed E-state index contributed by atoms with van der Waals surface area (Å²) in [5.74, 6) is -2.11. The molecule has 16 heteroatoms. The van der Waals surface area contributed by atoms with Gasteiger partial charge in [0, 0.05) is 18.8 Å². The SMILES string of the molecule is CCS(=O)(=O)c1cc(-c2cccc(OC(F)(F)F)c2)cnc1C(=O)N(C)c1nnc(C(F)(F)F)s1. The maximum atomic E-state index is 13.0. The number of ether oxygens (including phenoxy) is 1. The Bertz CT molecular complexity index is 1360. The molecule has 3 rings (SSSR count). The Morgan fingerprint density at radius 1 is 1.09 bits per heavy atom. The lowest BCUT2D eigenvalue weighted by atomic mass is 10.1. The van der Waals surface area contributed by atoms with Gasteiger partial charge >= 0.3 is 12.5 Å². The lowest BCUT2D eigenvalue weighted by Crippen LogP contribution is -2.29. The fourth-order valence-corrected chi connectivity index (χ4v) is 4.46. The van der Waals surface area contributed by atoms with Crippen LogP contribution in [0.5, 0.6) is 5.75 Å². The van der Waals surface area contributed by atoms with Crippen molar-refractivity contribution >= 4 is 32.2 Å². The van der Waals surface area contributed by atoms with E-state index in [0.717, 1.165) is 31.4 Å². The average Bonchev–Trinajstić information content (AvgIpc) is 3.28. The first-order chi connectivity index (χ1) is 16.1. The van der Waals surface area contributed by atoms with Crippen LogP contribution in [-0.4, -0.2) is 48.7 Å². The van der Waals surface area contributed by atoms with Crippen LogP contribution >= 0.6 is 11.3 Å². The number of nitrogens with zero attached hydrogens (tertiary/aromatic N) is 4. The second-order valence-corrected chi connectivity index (χ2v) is 10.0. The Labute approximate surface area is 198 Å². The van der Waals surface area contributed by atoms with E-state index in [2.05, 4.69) is 19.9 Å². The third-order valence-corrected chi connectivity index (χ3v) is 7.21. The van der Waals surface area contributed by atoms with Gasteiger partial charge < -0.3 is 4.74 Å². The van der Waals surface area contributed by atoms with Crippen molar-refractivity contribution in [1.82, 2.24) is 15.2 Å². The first-order valence-electron chi connectivity index (χ1n) is 9.40. The monoisotopic (exact) mass is 540 g/mol. The van der Waals surface area contributed by atoms with E-state index in [9.17, 15) is 39.6 Å². The van der Waals surface area contributed by atoms with Crippen LogP contribution in [0.15, 0.2) is 41.4 Å². The molecule has 1 aromatic carbocycles. The highest BCUT2D eigenvalue weighted by Crippen LogP contribution is 2.35. The molecule has 0 atom stereocenters. The van der Waals surface area contributed by atoms with E-state index in [1.165, 1.54) is 19.1 Å². The minimum atomic E-state index is -4.95. The van der Waals surface area contributed by atoms with Gasteiger partial charge in [0.2, 0.25) is 10.1 Å². The van der Waals surface area contributed by atoms with Gasteiger partial charge in [0.1, 0.15) is 11.4 Å². The van der Waals surface area contributed by atoms with Crippen LogP contribution in [-0.2, 0) is 16.0 Å². The minimum Gasteiger partial charge on any atom is -0.406 e. The summed E-state index contributed by atoms with van der Waals surface area (Å²) >= 11 is 0.0709. The second kappa shape index (κ2) is 9.41. The molecule has 0 saturated heterocycles. The summed E-state index contributed by atoms with van der Waals surface area (Å²) in [6.07, 6.45) is -8.70. The molecule has 0 unspecified atom stereocenters. The van der Waals surface area contributed by atoms with E-state index in [-0.39, 0.29) is 22.5 Å². The third-order valence-electron chi connectivity index (χ3n) is 4.42. The number of aromatic nitrogens is 3. The standard InChI is InChI=1S/C19H14F6N4O4S2/c1-3-35(31,32)13-8-11(10-5-4-6-12(7-10)33-19(23,24)25)9-26-14(13)15(30)29(2)17-28-27-16(34-17)18(20,21)22/h4-9H,3H2,1-2H3. The number of sulfone groups is 1. The highest BCUT2D eigenvalue weighted by Gasteiger charge is 2.37. The highest BCUT2D eigenvalue weighted by atomic mass is 32.2. The number of benzene rings is 1. The van der Waals surface area contributed by atoms with Crippen molar-refractivity contribution < 1.29 is 44.3 Å². The minimum absolute atomic E-state index is 0.0547. The number of halogens is 6. The topological polar surface area (TPSA) is 102 Å². The smallest absolute Gasteiger partial charge is 0.406 e. The van der Waals surface area contributed by atoms with E-state index in [1.54, 1.807) is 0 Å². The zero-order valence-electron chi connectivity index (χ0n) is 17.7. The van der Waals surface area contributed by atoms with Gasteiger partial charge in [-0.25, -0.2) is 13.4 Å². The number of anilines is 1. The first kappa shape index (κ1) is 26.3. The molecule has 35 heavy (non-hydrogen) atoms. The Hall–Kier alpha value is -3.27. The van der Waals surface area contributed by atoms with Gasteiger partial charge in [0.05, 0.1) is 10.6 Å². The molecule has 0 spiro atoms. The van der Waals surface area contributed by atoms with Crippen LogP contribution in [0.2, 0.25) is 0 Å². The van der Waals surface area contributed by atoms with Crippen molar-refractivity contribution in [3.05, 3.63) is 47.2 Å². The predicted octanol–water partition coefficient (Wildman–Crippen LogP) is 4.59. The zero-order chi connectivity index (χ0) is 26.2. The normalized spacial score (nSPS) is 12.5. The number of carbonyl (C=O) groups is 1. The summed E-state index contributed by atoms with van der Waals surface area (Å²) in [5, 5.41) is 4.53. The maximum Gasteiger partial charge on any atom is 0.573 e. The number of amides is 1. The summed E-state index contributed by atoms with van der Waals surface area (Å²) in [7, 11) is -3.04. The molecule has 0 saturated carbocycles. The largest absolute Gasteiger partial charge is 0.573 e. The lowest BCUT2D eigenvalue weighted by molar-refractivity contribution is -0.274. The van der Waals surface area contributed by atoms with E-state index < -0.39 is 60.5 Å². The molecule has 3 aromatic rings. The zero-order valence-corrected chi connectivity index (χ0v) is 19.3. The summed E-state index contributed by atoms with van der Waals surface area (Å²) in [6.45, 7) is 1.29. The van der Waals surface area contributed by atoms with Gasteiger partial charge in [-0.15, -0.1) is 23.4 Å². The van der Waals surface area contributed by atoms with Crippen LogP contribution in [0.25, 0.3) is 11.1 Å². The highest BCUT2D eigenvalue weighted by molar-refractivity contribution is 7.91. The summed E-state index contributed by atoms with van der Waals surface area (Å²) in [6, 6.07) is 5.69. The number of rotatable bonds is 6. The van der Waals surface area contributed by atoms with E-state index in [0.29, 0.717) is 4.90 Å². The number of alkyl halides is 6. The molecule has 2 heterocycles. The molecular weight excluding hydrogens is 526 g/mol. The summed E-state index contributed by atoms with van der Waals surface area (Å²) in [4.78, 5) is 16.9. The van der Waals surface area contributed by atoms with E-state index in [4.69, 9.17) is 0 Å². The quantitative estimate of drug-likeness (QED) is 0.422. The van der Waals surface area contributed by atoms with Gasteiger partial charge in [-0.05, 0) is 23.8 Å². The van der Waals surface area contributed by atoms with Crippen molar-refractivity contribution in [1.29, 1.82) is 0 Å². The van der Waals surface area contributed by atoms with Crippen LogP contribution in [0.1, 0.15) is 22.4 Å².